The minimum atomic E-state index is -1.16. The van der Waals surface area contributed by atoms with Crippen molar-refractivity contribution in [3.8, 4) is 5.69 Å². The van der Waals surface area contributed by atoms with Crippen molar-refractivity contribution in [2.75, 3.05) is 4.90 Å². The van der Waals surface area contributed by atoms with Crippen LogP contribution in [0.15, 0.2) is 55.2 Å². The number of anilines is 1. The first-order chi connectivity index (χ1) is 17.0. The topological polar surface area (TPSA) is 92.2 Å². The first-order valence-electron chi connectivity index (χ1n) is 12.3. The van der Waals surface area contributed by atoms with E-state index < -0.39 is 11.7 Å². The summed E-state index contributed by atoms with van der Waals surface area (Å²) < 4.78 is 18.6. The molecule has 182 valence electrons. The van der Waals surface area contributed by atoms with E-state index in [1.807, 2.05) is 29.0 Å². The number of aliphatic hydroxyl groups is 2. The lowest BCUT2D eigenvalue weighted by atomic mass is 9.82. The summed E-state index contributed by atoms with van der Waals surface area (Å²) >= 11 is 0. The summed E-state index contributed by atoms with van der Waals surface area (Å²) in [6.07, 6.45) is 11.2. The molecule has 3 aromatic heterocycles. The van der Waals surface area contributed by atoms with E-state index in [2.05, 4.69) is 20.0 Å². The van der Waals surface area contributed by atoms with Gasteiger partial charge in [0.05, 0.1) is 23.7 Å². The fraction of sp³-hybridized carbons (Fsp3) is 0.423. The molecule has 2 atom stereocenters. The highest BCUT2D eigenvalue weighted by Crippen LogP contribution is 2.37. The summed E-state index contributed by atoms with van der Waals surface area (Å²) in [5.41, 5.74) is 0.823. The van der Waals surface area contributed by atoms with Gasteiger partial charge in [0.15, 0.2) is 0 Å². The third kappa shape index (κ3) is 4.19. The van der Waals surface area contributed by atoms with Crippen LogP contribution in [0.2, 0.25) is 0 Å². The predicted octanol–water partition coefficient (Wildman–Crippen LogP) is 3.59. The van der Waals surface area contributed by atoms with Crippen LogP contribution in [0.1, 0.15) is 44.1 Å². The van der Waals surface area contributed by atoms with Crippen molar-refractivity contribution in [1.29, 1.82) is 0 Å². The van der Waals surface area contributed by atoms with Gasteiger partial charge in [-0.3, -0.25) is 0 Å². The molecule has 0 radical (unpaired) electrons. The third-order valence-corrected chi connectivity index (χ3v) is 7.34. The van der Waals surface area contributed by atoms with Gasteiger partial charge in [0.1, 0.15) is 29.2 Å². The lowest BCUT2D eigenvalue weighted by molar-refractivity contribution is -0.109. The summed E-state index contributed by atoms with van der Waals surface area (Å²) in [4.78, 5) is 11.3. The summed E-state index contributed by atoms with van der Waals surface area (Å²) in [6.45, 7) is 0.677. The van der Waals surface area contributed by atoms with Crippen LogP contribution in [-0.4, -0.2) is 52.3 Å². The van der Waals surface area contributed by atoms with Gasteiger partial charge < -0.3 is 19.7 Å². The van der Waals surface area contributed by atoms with E-state index in [1.54, 1.807) is 23.1 Å². The van der Waals surface area contributed by atoms with Gasteiger partial charge in [0, 0.05) is 36.7 Å². The standard InChI is InChI=1S/C26H29FN6O2/c27-22-14-20(33-12-3-11-30-33)6-5-18(22)15-32(19-7-8-19)25-21-9-13-31(24(21)28-17-29-25)16-26(35)10-2-1-4-23(26)34/h3,5-6,9,11-14,17,19,23,34-35H,1-2,4,7-8,10,15-16H2/t23-,26-/m0/s1. The van der Waals surface area contributed by atoms with Gasteiger partial charge in [-0.2, -0.15) is 5.10 Å². The zero-order valence-electron chi connectivity index (χ0n) is 19.5. The molecule has 2 fully saturated rings. The van der Waals surface area contributed by atoms with Crippen molar-refractivity contribution in [2.24, 2.45) is 0 Å². The molecule has 1 aromatic carbocycles. The van der Waals surface area contributed by atoms with Gasteiger partial charge in [0.25, 0.3) is 0 Å². The molecule has 0 spiro atoms. The molecule has 35 heavy (non-hydrogen) atoms. The second-order valence-corrected chi connectivity index (χ2v) is 9.83. The van der Waals surface area contributed by atoms with E-state index in [0.29, 0.717) is 42.3 Å². The molecule has 0 bridgehead atoms. The Kier molecular flexibility index (Phi) is 5.53. The number of aromatic nitrogens is 5. The van der Waals surface area contributed by atoms with Gasteiger partial charge in [-0.15, -0.1) is 0 Å². The Morgan fingerprint density at radius 2 is 2.00 bits per heavy atom. The Morgan fingerprint density at radius 1 is 1.11 bits per heavy atom. The zero-order valence-corrected chi connectivity index (χ0v) is 19.5. The van der Waals surface area contributed by atoms with Crippen molar-refractivity contribution in [3.05, 3.63) is 66.6 Å². The Labute approximate surface area is 202 Å². The fourth-order valence-corrected chi connectivity index (χ4v) is 5.21. The summed E-state index contributed by atoms with van der Waals surface area (Å²) in [5, 5.41) is 26.6. The number of hydrogen-bond donors (Lipinski definition) is 2. The number of nitrogens with zero attached hydrogens (tertiary/aromatic N) is 6. The molecule has 0 amide bonds. The first kappa shape index (κ1) is 22.2. The van der Waals surface area contributed by atoms with E-state index in [-0.39, 0.29) is 12.4 Å². The molecule has 8 nitrogen and oxygen atoms in total. The van der Waals surface area contributed by atoms with Gasteiger partial charge in [-0.05, 0) is 49.9 Å². The van der Waals surface area contributed by atoms with Crippen LogP contribution in [0.3, 0.4) is 0 Å². The van der Waals surface area contributed by atoms with Crippen molar-refractivity contribution in [1.82, 2.24) is 24.3 Å². The van der Waals surface area contributed by atoms with Crippen molar-refractivity contribution >= 4 is 16.9 Å². The summed E-state index contributed by atoms with van der Waals surface area (Å²) in [6, 6.07) is 9.25. The third-order valence-electron chi connectivity index (χ3n) is 7.34. The number of rotatable bonds is 7. The predicted molar refractivity (Wildman–Crippen MR) is 130 cm³/mol. The van der Waals surface area contributed by atoms with Crippen molar-refractivity contribution in [3.63, 3.8) is 0 Å². The Morgan fingerprint density at radius 3 is 2.74 bits per heavy atom. The number of fused-ring (bicyclic) bond motifs is 1. The van der Waals surface area contributed by atoms with E-state index in [0.717, 1.165) is 36.9 Å². The summed E-state index contributed by atoms with van der Waals surface area (Å²) in [7, 11) is 0. The molecule has 0 unspecified atom stereocenters. The van der Waals surface area contributed by atoms with Crippen LogP contribution < -0.4 is 4.90 Å². The largest absolute Gasteiger partial charge is 0.390 e. The summed E-state index contributed by atoms with van der Waals surface area (Å²) in [5.74, 6) is 0.489. The van der Waals surface area contributed by atoms with E-state index >= 15 is 4.39 Å². The van der Waals surface area contributed by atoms with Crippen LogP contribution in [-0.2, 0) is 13.1 Å². The van der Waals surface area contributed by atoms with Crippen LogP contribution in [0, 0.1) is 5.82 Å². The highest BCUT2D eigenvalue weighted by molar-refractivity contribution is 5.88. The van der Waals surface area contributed by atoms with E-state index in [9.17, 15) is 10.2 Å². The molecule has 0 saturated heterocycles. The molecule has 2 saturated carbocycles. The van der Waals surface area contributed by atoms with E-state index in [1.165, 1.54) is 12.4 Å². The molecular weight excluding hydrogens is 447 g/mol. The second-order valence-electron chi connectivity index (χ2n) is 9.83. The molecule has 2 aliphatic carbocycles. The maximum Gasteiger partial charge on any atom is 0.145 e. The Balaban J connectivity index is 1.30. The average molecular weight is 477 g/mol. The second kappa shape index (κ2) is 8.73. The fourth-order valence-electron chi connectivity index (χ4n) is 5.21. The van der Waals surface area contributed by atoms with Gasteiger partial charge in [-0.25, -0.2) is 19.0 Å². The van der Waals surface area contributed by atoms with Crippen molar-refractivity contribution in [2.45, 2.75) is 69.4 Å². The van der Waals surface area contributed by atoms with E-state index in [4.69, 9.17) is 0 Å². The Hall–Kier alpha value is -3.30. The van der Waals surface area contributed by atoms with Crippen LogP contribution >= 0.6 is 0 Å². The van der Waals surface area contributed by atoms with Crippen LogP contribution in [0.4, 0.5) is 10.2 Å². The SMILES string of the molecule is O[C@H]1CCCC[C@]1(O)Cn1ccc2c(N(Cc3ccc(-n4cccn4)cc3F)C3CC3)ncnc21. The molecular formula is C26H29FN6O2. The van der Waals surface area contributed by atoms with Crippen molar-refractivity contribution < 1.29 is 14.6 Å². The molecule has 3 heterocycles. The van der Waals surface area contributed by atoms with Crippen LogP contribution in [0.5, 0.6) is 0 Å². The van der Waals surface area contributed by atoms with Gasteiger partial charge >= 0.3 is 0 Å². The minimum Gasteiger partial charge on any atom is -0.390 e. The number of hydrogen-bond acceptors (Lipinski definition) is 6. The molecule has 2 N–H and O–H groups in total. The first-order valence-corrected chi connectivity index (χ1v) is 12.3. The van der Waals surface area contributed by atoms with Gasteiger partial charge in [0.2, 0.25) is 0 Å². The maximum atomic E-state index is 15.1. The maximum absolute atomic E-state index is 15.1. The normalized spacial score (nSPS) is 22.5. The molecule has 6 rings (SSSR count). The molecule has 0 aliphatic heterocycles. The highest BCUT2D eigenvalue weighted by atomic mass is 19.1. The van der Waals surface area contributed by atoms with Gasteiger partial charge in [-0.1, -0.05) is 18.9 Å². The smallest absolute Gasteiger partial charge is 0.145 e. The highest BCUT2D eigenvalue weighted by Gasteiger charge is 2.39. The lowest BCUT2D eigenvalue weighted by Gasteiger charge is -2.37. The molecule has 2 aliphatic rings. The zero-order chi connectivity index (χ0) is 24.0. The quantitative estimate of drug-likeness (QED) is 0.424. The number of benzene rings is 1. The average Bonchev–Trinajstić information content (AvgIpc) is 3.38. The lowest BCUT2D eigenvalue weighted by Crippen LogP contribution is -2.48. The number of halogens is 1. The van der Waals surface area contributed by atoms with Crippen LogP contribution in [0.25, 0.3) is 16.7 Å². The number of aliphatic hydroxyl groups excluding tert-OH is 1. The molecule has 4 aromatic rings. The molecule has 9 heteroatoms. The monoisotopic (exact) mass is 476 g/mol. The Bertz CT molecular complexity index is 1340. The minimum absolute atomic E-state index is 0.278.